The fourth-order valence-electron chi connectivity index (χ4n) is 2.27. The van der Waals surface area contributed by atoms with Gasteiger partial charge in [0, 0.05) is 18.3 Å². The number of fused-ring (bicyclic) bond motifs is 1. The first kappa shape index (κ1) is 10.4. The molecule has 2 aromatic rings. The van der Waals surface area contributed by atoms with E-state index in [1.165, 1.54) is 0 Å². The van der Waals surface area contributed by atoms with E-state index in [0.717, 1.165) is 16.8 Å². The molecule has 1 aliphatic rings. The molecule has 0 saturated heterocycles. The molecule has 3 rings (SSSR count). The molecule has 2 heterocycles. The molecular weight excluding hydrogens is 236 g/mol. The maximum Gasteiger partial charge on any atom is 0.254 e. The van der Waals surface area contributed by atoms with Gasteiger partial charge in [0.25, 0.3) is 5.91 Å². The minimum absolute atomic E-state index is 0.0134. The van der Waals surface area contributed by atoms with Crippen LogP contribution in [-0.4, -0.2) is 10.5 Å². The van der Waals surface area contributed by atoms with E-state index >= 15 is 0 Å². The molecule has 86 valence electrons. The predicted molar refractivity (Wildman–Crippen MR) is 66.2 cm³/mol. The van der Waals surface area contributed by atoms with Crippen LogP contribution in [0.3, 0.4) is 0 Å². The molecule has 0 saturated carbocycles. The van der Waals surface area contributed by atoms with Crippen molar-refractivity contribution in [3.63, 3.8) is 0 Å². The Labute approximate surface area is 104 Å². The summed E-state index contributed by atoms with van der Waals surface area (Å²) in [5.41, 5.74) is 2.81. The first-order chi connectivity index (χ1) is 8.16. The van der Waals surface area contributed by atoms with E-state index in [1.54, 1.807) is 0 Å². The number of hydrogen-bond donors (Lipinski definition) is 1. The summed E-state index contributed by atoms with van der Waals surface area (Å²) in [5.74, 6) is -0.0134. The maximum atomic E-state index is 11.8. The molecule has 17 heavy (non-hydrogen) atoms. The Balaban J connectivity index is 2.09. The summed E-state index contributed by atoms with van der Waals surface area (Å²) in [6.45, 7) is 0. The largest absolute Gasteiger partial charge is 0.352 e. The van der Waals surface area contributed by atoms with Crippen LogP contribution in [0.25, 0.3) is 0 Å². The number of nitrogens with zero attached hydrogens (tertiary/aromatic N) is 1. The number of amides is 1. The standard InChI is InChI=1S/C13H11ClN2O/c1-16-7-6-10-12(16)11(15-13(10)17)8-2-4-9(14)5-3-8/h2-7,11H,1H3,(H,15,17). The van der Waals surface area contributed by atoms with Crippen molar-refractivity contribution in [3.8, 4) is 0 Å². The monoisotopic (exact) mass is 246 g/mol. The van der Waals surface area contributed by atoms with Gasteiger partial charge in [0.15, 0.2) is 0 Å². The number of rotatable bonds is 1. The highest BCUT2D eigenvalue weighted by Gasteiger charge is 2.31. The summed E-state index contributed by atoms with van der Waals surface area (Å²) in [6.07, 6.45) is 1.91. The Hall–Kier alpha value is -1.74. The van der Waals surface area contributed by atoms with Gasteiger partial charge in [-0.2, -0.15) is 0 Å². The molecule has 1 N–H and O–H groups in total. The van der Waals surface area contributed by atoms with Crippen LogP contribution in [-0.2, 0) is 7.05 Å². The Morgan fingerprint density at radius 3 is 2.65 bits per heavy atom. The second-order valence-corrected chi connectivity index (χ2v) is 4.62. The van der Waals surface area contributed by atoms with Gasteiger partial charge in [-0.15, -0.1) is 0 Å². The molecule has 0 radical (unpaired) electrons. The van der Waals surface area contributed by atoms with Crippen molar-refractivity contribution in [1.29, 1.82) is 0 Å². The van der Waals surface area contributed by atoms with Gasteiger partial charge in [-0.05, 0) is 23.8 Å². The molecule has 1 amide bonds. The molecule has 3 nitrogen and oxygen atoms in total. The minimum atomic E-state index is -0.0743. The van der Waals surface area contributed by atoms with Crippen molar-refractivity contribution < 1.29 is 4.79 Å². The minimum Gasteiger partial charge on any atom is -0.352 e. The lowest BCUT2D eigenvalue weighted by molar-refractivity contribution is 0.0960. The number of benzene rings is 1. The van der Waals surface area contributed by atoms with Crippen LogP contribution >= 0.6 is 11.6 Å². The summed E-state index contributed by atoms with van der Waals surface area (Å²) in [5, 5.41) is 3.67. The van der Waals surface area contributed by atoms with Gasteiger partial charge in [-0.3, -0.25) is 4.79 Å². The first-order valence-electron chi connectivity index (χ1n) is 5.38. The maximum absolute atomic E-state index is 11.8. The molecule has 0 spiro atoms. The molecule has 1 aromatic heterocycles. The van der Waals surface area contributed by atoms with Crippen LogP contribution in [0.4, 0.5) is 0 Å². The number of aryl methyl sites for hydroxylation is 1. The highest BCUT2D eigenvalue weighted by Crippen LogP contribution is 2.31. The Morgan fingerprint density at radius 1 is 1.24 bits per heavy atom. The zero-order valence-electron chi connectivity index (χ0n) is 9.27. The van der Waals surface area contributed by atoms with Crippen LogP contribution < -0.4 is 5.32 Å². The lowest BCUT2D eigenvalue weighted by Gasteiger charge is -2.13. The molecule has 1 aromatic carbocycles. The zero-order chi connectivity index (χ0) is 12.0. The number of nitrogens with one attached hydrogen (secondary N) is 1. The van der Waals surface area contributed by atoms with Crippen molar-refractivity contribution in [2.45, 2.75) is 6.04 Å². The summed E-state index contributed by atoms with van der Waals surface area (Å²) < 4.78 is 1.98. The van der Waals surface area contributed by atoms with Crippen molar-refractivity contribution in [1.82, 2.24) is 9.88 Å². The second kappa shape index (κ2) is 3.64. The highest BCUT2D eigenvalue weighted by molar-refractivity contribution is 6.30. The Kier molecular flexibility index (Phi) is 2.23. The Bertz CT molecular complexity index is 586. The number of carbonyl (C=O) groups is 1. The molecule has 1 unspecified atom stereocenters. The summed E-state index contributed by atoms with van der Waals surface area (Å²) in [4.78, 5) is 11.8. The van der Waals surface area contributed by atoms with Crippen LogP contribution in [0.5, 0.6) is 0 Å². The van der Waals surface area contributed by atoms with Gasteiger partial charge in [0.2, 0.25) is 0 Å². The van der Waals surface area contributed by atoms with E-state index in [-0.39, 0.29) is 11.9 Å². The van der Waals surface area contributed by atoms with Crippen LogP contribution in [0.2, 0.25) is 5.02 Å². The third-order valence-corrected chi connectivity index (χ3v) is 3.37. The summed E-state index contributed by atoms with van der Waals surface area (Å²) in [7, 11) is 1.95. The van der Waals surface area contributed by atoms with Crippen molar-refractivity contribution in [2.75, 3.05) is 0 Å². The highest BCUT2D eigenvalue weighted by atomic mass is 35.5. The van der Waals surface area contributed by atoms with Gasteiger partial charge in [0.05, 0.1) is 17.3 Å². The lowest BCUT2D eigenvalue weighted by Crippen LogP contribution is -2.21. The SMILES string of the molecule is Cn1ccc2c1C(c1ccc(Cl)cc1)NC2=O. The smallest absolute Gasteiger partial charge is 0.254 e. The average Bonchev–Trinajstić information content (AvgIpc) is 2.83. The van der Waals surface area contributed by atoms with Gasteiger partial charge < -0.3 is 9.88 Å². The second-order valence-electron chi connectivity index (χ2n) is 4.18. The summed E-state index contributed by atoms with van der Waals surface area (Å²) in [6, 6.07) is 9.33. The van der Waals surface area contributed by atoms with Gasteiger partial charge in [0.1, 0.15) is 0 Å². The zero-order valence-corrected chi connectivity index (χ0v) is 10.0. The fraction of sp³-hybridized carbons (Fsp3) is 0.154. The quantitative estimate of drug-likeness (QED) is 0.824. The van der Waals surface area contributed by atoms with Crippen LogP contribution in [0.1, 0.15) is 27.7 Å². The van der Waals surface area contributed by atoms with Gasteiger partial charge in [-0.1, -0.05) is 23.7 Å². The number of halogens is 1. The van der Waals surface area contributed by atoms with Crippen molar-refractivity contribution in [3.05, 3.63) is 58.4 Å². The van der Waals surface area contributed by atoms with E-state index < -0.39 is 0 Å². The number of carbonyl (C=O) groups excluding carboxylic acids is 1. The van der Waals surface area contributed by atoms with E-state index in [1.807, 2.05) is 48.1 Å². The predicted octanol–water partition coefficient (Wildman–Crippen LogP) is 2.51. The normalized spacial score (nSPS) is 18.0. The molecule has 0 aliphatic carbocycles. The van der Waals surface area contributed by atoms with E-state index in [4.69, 9.17) is 11.6 Å². The van der Waals surface area contributed by atoms with Crippen LogP contribution in [0, 0.1) is 0 Å². The Morgan fingerprint density at radius 2 is 1.94 bits per heavy atom. The fourth-order valence-corrected chi connectivity index (χ4v) is 2.39. The first-order valence-corrected chi connectivity index (χ1v) is 5.76. The van der Waals surface area contributed by atoms with Gasteiger partial charge >= 0.3 is 0 Å². The number of hydrogen-bond acceptors (Lipinski definition) is 1. The molecule has 1 aliphatic heterocycles. The third-order valence-electron chi connectivity index (χ3n) is 3.12. The average molecular weight is 247 g/mol. The van der Waals surface area contributed by atoms with Gasteiger partial charge in [-0.25, -0.2) is 0 Å². The third kappa shape index (κ3) is 1.54. The molecular formula is C13H11ClN2O. The molecule has 1 atom stereocenters. The molecule has 4 heteroatoms. The lowest BCUT2D eigenvalue weighted by atomic mass is 10.0. The van der Waals surface area contributed by atoms with E-state index in [0.29, 0.717) is 5.02 Å². The van der Waals surface area contributed by atoms with Crippen LogP contribution in [0.15, 0.2) is 36.5 Å². The topological polar surface area (TPSA) is 34.0 Å². The van der Waals surface area contributed by atoms with Crippen molar-refractivity contribution in [2.24, 2.45) is 7.05 Å². The van der Waals surface area contributed by atoms with Crippen molar-refractivity contribution >= 4 is 17.5 Å². The molecule has 0 bridgehead atoms. The molecule has 0 fully saturated rings. The summed E-state index contributed by atoms with van der Waals surface area (Å²) >= 11 is 5.86. The number of aromatic nitrogens is 1. The van der Waals surface area contributed by atoms with E-state index in [2.05, 4.69) is 5.32 Å². The van der Waals surface area contributed by atoms with E-state index in [9.17, 15) is 4.79 Å².